The minimum atomic E-state index is 0.480. The van der Waals surface area contributed by atoms with Gasteiger partial charge >= 0.3 is 0 Å². The lowest BCUT2D eigenvalue weighted by Gasteiger charge is -2.15. The molecule has 0 saturated heterocycles. The van der Waals surface area contributed by atoms with E-state index in [9.17, 15) is 0 Å². The van der Waals surface area contributed by atoms with Crippen molar-refractivity contribution in [3.05, 3.63) is 42.0 Å². The number of aryl methyl sites for hydroxylation is 3. The van der Waals surface area contributed by atoms with Crippen molar-refractivity contribution >= 4 is 0 Å². The maximum absolute atomic E-state index is 4.21. The molecule has 20 heavy (non-hydrogen) atoms. The van der Waals surface area contributed by atoms with Gasteiger partial charge in [0, 0.05) is 50.3 Å². The van der Waals surface area contributed by atoms with Gasteiger partial charge in [-0.25, -0.2) is 0 Å². The molecule has 0 aliphatic carbocycles. The van der Waals surface area contributed by atoms with E-state index >= 15 is 0 Å². The van der Waals surface area contributed by atoms with E-state index in [0.29, 0.717) is 6.04 Å². The summed E-state index contributed by atoms with van der Waals surface area (Å²) >= 11 is 0. The molecule has 1 N–H and O–H groups in total. The van der Waals surface area contributed by atoms with Crippen LogP contribution in [0.2, 0.25) is 0 Å². The van der Waals surface area contributed by atoms with Crippen molar-refractivity contribution in [3.8, 4) is 0 Å². The van der Waals surface area contributed by atoms with E-state index in [-0.39, 0.29) is 0 Å². The van der Waals surface area contributed by atoms with Gasteiger partial charge in [-0.05, 0) is 37.1 Å². The summed E-state index contributed by atoms with van der Waals surface area (Å²) < 4.78 is 4.22. The molecule has 0 amide bonds. The second-order valence-corrected chi connectivity index (χ2v) is 5.29. The van der Waals surface area contributed by atoms with E-state index < -0.39 is 0 Å². The number of hydrogen-bond acceptors (Lipinski definition) is 2. The summed E-state index contributed by atoms with van der Waals surface area (Å²) in [5, 5.41) is 7.81. The lowest BCUT2D eigenvalue weighted by atomic mass is 10.1. The third kappa shape index (κ3) is 3.73. The van der Waals surface area contributed by atoms with Gasteiger partial charge in [-0.2, -0.15) is 5.10 Å². The summed E-state index contributed by atoms with van der Waals surface area (Å²) in [5.74, 6) is 0. The number of aromatic nitrogens is 3. The molecule has 4 nitrogen and oxygen atoms in total. The molecule has 0 bridgehead atoms. The second-order valence-electron chi connectivity index (χ2n) is 5.29. The molecular weight excluding hydrogens is 248 g/mol. The van der Waals surface area contributed by atoms with Crippen LogP contribution in [0, 0.1) is 0 Å². The van der Waals surface area contributed by atoms with Gasteiger partial charge in [0.25, 0.3) is 0 Å². The number of rotatable bonds is 8. The zero-order chi connectivity index (χ0) is 14.4. The summed E-state index contributed by atoms with van der Waals surface area (Å²) in [6.07, 6.45) is 9.64. The Balaban J connectivity index is 1.92. The van der Waals surface area contributed by atoms with E-state index in [0.717, 1.165) is 25.9 Å². The molecule has 0 radical (unpaired) electrons. The van der Waals surface area contributed by atoms with Crippen LogP contribution in [-0.2, 0) is 20.0 Å². The number of nitrogens with one attached hydrogen (secondary N) is 1. The van der Waals surface area contributed by atoms with Crippen LogP contribution in [-0.4, -0.2) is 20.9 Å². The van der Waals surface area contributed by atoms with Crippen molar-refractivity contribution < 1.29 is 0 Å². The van der Waals surface area contributed by atoms with Crippen molar-refractivity contribution in [1.29, 1.82) is 0 Å². The summed E-state index contributed by atoms with van der Waals surface area (Å²) in [4.78, 5) is 0. The molecule has 0 aliphatic rings. The Bertz CT molecular complexity index is 512. The van der Waals surface area contributed by atoms with Crippen LogP contribution in [0.25, 0.3) is 0 Å². The van der Waals surface area contributed by atoms with Gasteiger partial charge < -0.3 is 9.88 Å². The molecule has 1 atom stereocenters. The molecule has 0 aromatic carbocycles. The largest absolute Gasteiger partial charge is 0.354 e. The maximum Gasteiger partial charge on any atom is 0.0492 e. The highest BCUT2D eigenvalue weighted by atomic mass is 15.3. The van der Waals surface area contributed by atoms with Crippen molar-refractivity contribution in [2.75, 3.05) is 6.54 Å². The third-order valence-electron chi connectivity index (χ3n) is 3.77. The lowest BCUT2D eigenvalue weighted by Crippen LogP contribution is -2.21. The Morgan fingerprint density at radius 1 is 1.30 bits per heavy atom. The highest BCUT2D eigenvalue weighted by molar-refractivity contribution is 5.15. The first-order valence-electron chi connectivity index (χ1n) is 7.60. The topological polar surface area (TPSA) is 34.8 Å². The Morgan fingerprint density at radius 3 is 2.80 bits per heavy atom. The van der Waals surface area contributed by atoms with E-state index in [1.165, 1.54) is 17.7 Å². The Hall–Kier alpha value is -1.55. The molecule has 0 saturated carbocycles. The highest BCUT2D eigenvalue weighted by Gasteiger charge is 2.09. The summed E-state index contributed by atoms with van der Waals surface area (Å²) in [5.41, 5.74) is 2.67. The van der Waals surface area contributed by atoms with E-state index in [4.69, 9.17) is 0 Å². The van der Waals surface area contributed by atoms with Crippen molar-refractivity contribution in [2.45, 2.75) is 45.7 Å². The maximum atomic E-state index is 4.21. The van der Waals surface area contributed by atoms with Gasteiger partial charge in [0.2, 0.25) is 0 Å². The number of nitrogens with zero attached hydrogens (tertiary/aromatic N) is 3. The van der Waals surface area contributed by atoms with Crippen molar-refractivity contribution in [1.82, 2.24) is 19.7 Å². The Kier molecular flexibility index (Phi) is 5.41. The van der Waals surface area contributed by atoms with Crippen LogP contribution < -0.4 is 5.32 Å². The lowest BCUT2D eigenvalue weighted by molar-refractivity contribution is 0.517. The van der Waals surface area contributed by atoms with Crippen molar-refractivity contribution in [3.63, 3.8) is 0 Å². The molecule has 0 spiro atoms. The van der Waals surface area contributed by atoms with Crippen LogP contribution >= 0.6 is 0 Å². The molecule has 2 aromatic heterocycles. The first-order chi connectivity index (χ1) is 9.74. The molecule has 2 aromatic rings. The Morgan fingerprint density at radius 2 is 2.15 bits per heavy atom. The smallest absolute Gasteiger partial charge is 0.0492 e. The highest BCUT2D eigenvalue weighted by Crippen LogP contribution is 2.17. The first kappa shape index (κ1) is 14.9. The average Bonchev–Trinajstić information content (AvgIpc) is 3.07. The molecule has 4 heteroatoms. The minimum Gasteiger partial charge on any atom is -0.354 e. The van der Waals surface area contributed by atoms with Gasteiger partial charge in [0.15, 0.2) is 0 Å². The van der Waals surface area contributed by atoms with Crippen molar-refractivity contribution in [2.24, 2.45) is 7.05 Å². The van der Waals surface area contributed by atoms with Crippen LogP contribution in [0.1, 0.15) is 44.0 Å². The predicted molar refractivity (Wildman–Crippen MR) is 82.7 cm³/mol. The Labute approximate surface area is 121 Å². The minimum absolute atomic E-state index is 0.480. The van der Waals surface area contributed by atoms with E-state index in [2.05, 4.69) is 53.4 Å². The van der Waals surface area contributed by atoms with Crippen LogP contribution in [0.5, 0.6) is 0 Å². The van der Waals surface area contributed by atoms with Gasteiger partial charge in [-0.3, -0.25) is 4.68 Å². The molecule has 1 unspecified atom stereocenters. The fourth-order valence-electron chi connectivity index (χ4n) is 2.51. The monoisotopic (exact) mass is 274 g/mol. The summed E-state index contributed by atoms with van der Waals surface area (Å²) in [7, 11) is 2.00. The summed E-state index contributed by atoms with van der Waals surface area (Å²) in [6, 6.07) is 4.80. The second kappa shape index (κ2) is 7.29. The van der Waals surface area contributed by atoms with E-state index in [1.54, 1.807) is 0 Å². The zero-order valence-corrected chi connectivity index (χ0v) is 12.8. The zero-order valence-electron chi connectivity index (χ0n) is 12.8. The molecule has 2 heterocycles. The summed E-state index contributed by atoms with van der Waals surface area (Å²) in [6.45, 7) is 6.53. The standard InChI is InChI=1S/C16H26N4/c1-4-9-17-16(5-2)14-7-11-20(13-14)12-8-15-6-10-18-19(15)3/h6-7,10-11,13,16-17H,4-5,8-9,12H2,1-3H3. The van der Waals surface area contributed by atoms with Gasteiger partial charge in [0.05, 0.1) is 0 Å². The fraction of sp³-hybridized carbons (Fsp3) is 0.562. The predicted octanol–water partition coefficient (Wildman–Crippen LogP) is 2.92. The van der Waals surface area contributed by atoms with E-state index in [1.807, 2.05) is 17.9 Å². The molecule has 110 valence electrons. The van der Waals surface area contributed by atoms with Crippen LogP contribution in [0.15, 0.2) is 30.7 Å². The number of hydrogen-bond donors (Lipinski definition) is 1. The molecule has 2 rings (SSSR count). The van der Waals surface area contributed by atoms with Crippen LogP contribution in [0.3, 0.4) is 0 Å². The average molecular weight is 274 g/mol. The quantitative estimate of drug-likeness (QED) is 0.803. The van der Waals surface area contributed by atoms with Crippen LogP contribution in [0.4, 0.5) is 0 Å². The van der Waals surface area contributed by atoms with Gasteiger partial charge in [-0.15, -0.1) is 0 Å². The van der Waals surface area contributed by atoms with Gasteiger partial charge in [0.1, 0.15) is 0 Å². The molecule has 0 fully saturated rings. The fourth-order valence-corrected chi connectivity index (χ4v) is 2.51. The molecule has 0 aliphatic heterocycles. The van der Waals surface area contributed by atoms with Gasteiger partial charge in [-0.1, -0.05) is 13.8 Å². The molecular formula is C16H26N4. The third-order valence-corrected chi connectivity index (χ3v) is 3.77. The normalized spacial score (nSPS) is 12.8. The first-order valence-corrected chi connectivity index (χ1v) is 7.60. The SMILES string of the molecule is CCCNC(CC)c1ccn(CCc2ccnn2C)c1.